The van der Waals surface area contributed by atoms with Crippen LogP contribution in [0.15, 0.2) is 66.9 Å². The summed E-state index contributed by atoms with van der Waals surface area (Å²) in [5, 5.41) is 3.16. The summed E-state index contributed by atoms with van der Waals surface area (Å²) in [6.07, 6.45) is 3.07. The molecule has 150 valence electrons. The van der Waals surface area contributed by atoms with Crippen LogP contribution < -0.4 is 5.32 Å². The second kappa shape index (κ2) is 8.16. The minimum Gasteiger partial charge on any atom is -0.338 e. The third-order valence-corrected chi connectivity index (χ3v) is 5.58. The highest BCUT2D eigenvalue weighted by Crippen LogP contribution is 2.36. The lowest BCUT2D eigenvalue weighted by atomic mass is 10.00. The van der Waals surface area contributed by atoms with Gasteiger partial charge in [-0.05, 0) is 48.6 Å². The summed E-state index contributed by atoms with van der Waals surface area (Å²) in [5.41, 5.74) is 5.74. The number of carbonyl (C=O) groups excluding carboxylic acids is 1. The Balaban J connectivity index is 1.79. The Hall–Kier alpha value is -3.01. The average molecular weight is 388 g/mol. The van der Waals surface area contributed by atoms with Crippen molar-refractivity contribution in [3.8, 4) is 5.69 Å². The molecule has 1 aliphatic rings. The third kappa shape index (κ3) is 3.93. The first-order valence-corrected chi connectivity index (χ1v) is 10.4. The highest BCUT2D eigenvalue weighted by Gasteiger charge is 2.32. The maximum atomic E-state index is 13.3. The number of urea groups is 1. The van der Waals surface area contributed by atoms with Crippen LogP contribution in [-0.2, 0) is 6.54 Å². The molecule has 1 aromatic heterocycles. The van der Waals surface area contributed by atoms with Gasteiger partial charge in [0.15, 0.2) is 0 Å². The monoisotopic (exact) mass is 387 g/mol. The van der Waals surface area contributed by atoms with Gasteiger partial charge in [-0.2, -0.15) is 0 Å². The van der Waals surface area contributed by atoms with Crippen LogP contribution in [0.1, 0.15) is 48.7 Å². The first kappa shape index (κ1) is 19.3. The van der Waals surface area contributed by atoms with Crippen molar-refractivity contribution in [3.63, 3.8) is 0 Å². The summed E-state index contributed by atoms with van der Waals surface area (Å²) in [6, 6.07) is 20.9. The van der Waals surface area contributed by atoms with Crippen LogP contribution in [-0.4, -0.2) is 22.0 Å². The van der Waals surface area contributed by atoms with E-state index >= 15 is 0 Å². The zero-order chi connectivity index (χ0) is 20.4. The van der Waals surface area contributed by atoms with Crippen LogP contribution >= 0.6 is 0 Å². The molecule has 2 amide bonds. The lowest BCUT2D eigenvalue weighted by Gasteiger charge is -2.31. The highest BCUT2D eigenvalue weighted by atomic mass is 16.2. The van der Waals surface area contributed by atoms with E-state index in [1.54, 1.807) is 0 Å². The largest absolute Gasteiger partial charge is 0.338 e. The number of nitrogens with zero attached hydrogens (tertiary/aromatic N) is 2. The number of aryl methyl sites for hydroxylation is 1. The number of carbonyl (C=O) groups is 1. The van der Waals surface area contributed by atoms with E-state index in [0.717, 1.165) is 28.9 Å². The summed E-state index contributed by atoms with van der Waals surface area (Å²) in [4.78, 5) is 15.3. The number of aromatic nitrogens is 1. The number of para-hydroxylation sites is 1. The Morgan fingerprint density at radius 3 is 2.72 bits per heavy atom. The second-order valence-corrected chi connectivity index (χ2v) is 8.29. The number of hydrogen-bond donors (Lipinski definition) is 1. The van der Waals surface area contributed by atoms with Crippen LogP contribution in [0.5, 0.6) is 0 Å². The average Bonchev–Trinajstić information content (AvgIpc) is 3.11. The van der Waals surface area contributed by atoms with Gasteiger partial charge < -0.3 is 14.8 Å². The van der Waals surface area contributed by atoms with Gasteiger partial charge in [0.1, 0.15) is 0 Å². The molecule has 0 aliphatic carbocycles. The fourth-order valence-electron chi connectivity index (χ4n) is 4.10. The van der Waals surface area contributed by atoms with Gasteiger partial charge in [0.05, 0.1) is 18.3 Å². The van der Waals surface area contributed by atoms with Gasteiger partial charge in [-0.25, -0.2) is 4.79 Å². The van der Waals surface area contributed by atoms with Crippen LogP contribution in [0.4, 0.5) is 4.79 Å². The molecule has 4 heteroatoms. The molecule has 4 nitrogen and oxygen atoms in total. The Morgan fingerprint density at radius 2 is 1.93 bits per heavy atom. The summed E-state index contributed by atoms with van der Waals surface area (Å²) in [5.74, 6) is 0.560. The number of nitrogens with one attached hydrogen (secondary N) is 1. The predicted octanol–water partition coefficient (Wildman–Crippen LogP) is 5.45. The van der Waals surface area contributed by atoms with Crippen molar-refractivity contribution in [2.45, 2.75) is 39.8 Å². The van der Waals surface area contributed by atoms with Gasteiger partial charge in [0.2, 0.25) is 0 Å². The number of fused-ring (bicyclic) bond motifs is 3. The van der Waals surface area contributed by atoms with Gasteiger partial charge in [0, 0.05) is 18.4 Å². The van der Waals surface area contributed by atoms with Gasteiger partial charge in [0.25, 0.3) is 0 Å². The number of benzene rings is 2. The lowest BCUT2D eigenvalue weighted by Crippen LogP contribution is -2.42. The quantitative estimate of drug-likeness (QED) is 0.635. The van der Waals surface area contributed by atoms with Crippen molar-refractivity contribution in [2.24, 2.45) is 5.92 Å². The molecule has 1 atom stereocenters. The van der Waals surface area contributed by atoms with E-state index in [0.29, 0.717) is 19.0 Å². The molecule has 29 heavy (non-hydrogen) atoms. The van der Waals surface area contributed by atoms with Crippen LogP contribution in [0, 0.1) is 12.8 Å². The zero-order valence-electron chi connectivity index (χ0n) is 17.4. The molecule has 0 bridgehead atoms. The molecule has 0 saturated heterocycles. The first-order valence-electron chi connectivity index (χ1n) is 10.4. The van der Waals surface area contributed by atoms with E-state index in [1.165, 1.54) is 5.56 Å². The highest BCUT2D eigenvalue weighted by molar-refractivity contribution is 5.76. The van der Waals surface area contributed by atoms with E-state index in [4.69, 9.17) is 0 Å². The Kier molecular flexibility index (Phi) is 5.43. The molecule has 0 saturated carbocycles. The molecule has 2 heterocycles. The maximum Gasteiger partial charge on any atom is 0.318 e. The molecule has 2 aromatic carbocycles. The summed E-state index contributed by atoms with van der Waals surface area (Å²) in [6.45, 7) is 7.72. The number of rotatable bonds is 4. The van der Waals surface area contributed by atoms with Gasteiger partial charge in [-0.3, -0.25) is 0 Å². The summed E-state index contributed by atoms with van der Waals surface area (Å²) in [7, 11) is 0. The molecule has 0 unspecified atom stereocenters. The van der Waals surface area contributed by atoms with Gasteiger partial charge in [-0.15, -0.1) is 0 Å². The fourth-order valence-corrected chi connectivity index (χ4v) is 4.10. The van der Waals surface area contributed by atoms with E-state index in [-0.39, 0.29) is 12.1 Å². The summed E-state index contributed by atoms with van der Waals surface area (Å²) < 4.78 is 2.23. The van der Waals surface area contributed by atoms with Crippen molar-refractivity contribution >= 4 is 6.03 Å². The topological polar surface area (TPSA) is 37.3 Å². The molecular weight excluding hydrogens is 358 g/mol. The van der Waals surface area contributed by atoms with E-state index in [1.807, 2.05) is 11.0 Å². The van der Waals surface area contributed by atoms with Crippen LogP contribution in [0.3, 0.4) is 0 Å². The predicted molar refractivity (Wildman–Crippen MR) is 117 cm³/mol. The van der Waals surface area contributed by atoms with Crippen LogP contribution in [0.2, 0.25) is 0 Å². The molecule has 0 fully saturated rings. The minimum atomic E-state index is -0.142. The molecular formula is C25H29N3O. The van der Waals surface area contributed by atoms with E-state index in [2.05, 4.69) is 91.4 Å². The van der Waals surface area contributed by atoms with Crippen molar-refractivity contribution in [3.05, 3.63) is 89.2 Å². The Labute approximate surface area is 173 Å². The molecule has 0 radical (unpaired) electrons. The van der Waals surface area contributed by atoms with Crippen molar-refractivity contribution in [2.75, 3.05) is 6.54 Å². The van der Waals surface area contributed by atoms with Crippen molar-refractivity contribution in [1.82, 2.24) is 14.8 Å². The smallest absolute Gasteiger partial charge is 0.318 e. The standard InChI is InChI=1S/C25H29N3O/c1-18(2)13-14-26-25(29)28-17-21-9-4-5-11-22(21)27-15-7-12-23(27)24(28)20-10-6-8-19(3)16-20/h4-12,15-16,18,24H,13-14,17H2,1-3H3,(H,26,29)/t24-/m0/s1. The Morgan fingerprint density at radius 1 is 1.10 bits per heavy atom. The normalized spacial score (nSPS) is 15.6. The Bertz CT molecular complexity index is 1000. The fraction of sp³-hybridized carbons (Fsp3) is 0.320. The van der Waals surface area contributed by atoms with Crippen LogP contribution in [0.25, 0.3) is 5.69 Å². The molecule has 4 rings (SSSR count). The molecule has 1 aliphatic heterocycles. The van der Waals surface area contributed by atoms with E-state index in [9.17, 15) is 4.79 Å². The van der Waals surface area contributed by atoms with E-state index < -0.39 is 0 Å². The molecule has 0 spiro atoms. The second-order valence-electron chi connectivity index (χ2n) is 8.29. The summed E-state index contributed by atoms with van der Waals surface area (Å²) >= 11 is 0. The third-order valence-electron chi connectivity index (χ3n) is 5.58. The molecule has 1 N–H and O–H groups in total. The molecule has 3 aromatic rings. The number of hydrogen-bond acceptors (Lipinski definition) is 1. The lowest BCUT2D eigenvalue weighted by molar-refractivity contribution is 0.180. The SMILES string of the molecule is Cc1cccc([C@H]2c3cccn3-c3ccccc3CN2C(=O)NCCC(C)C)c1. The van der Waals surface area contributed by atoms with Crippen molar-refractivity contribution < 1.29 is 4.79 Å². The van der Waals surface area contributed by atoms with Gasteiger partial charge in [-0.1, -0.05) is 61.9 Å². The number of amides is 2. The first-order chi connectivity index (χ1) is 14.0. The minimum absolute atomic E-state index is 0.0124. The van der Waals surface area contributed by atoms with Gasteiger partial charge >= 0.3 is 6.03 Å². The zero-order valence-corrected chi connectivity index (χ0v) is 17.4. The maximum absolute atomic E-state index is 13.3. The van der Waals surface area contributed by atoms with Crippen molar-refractivity contribution in [1.29, 1.82) is 0 Å².